The van der Waals surface area contributed by atoms with Crippen LogP contribution in [0.15, 0.2) is 35.4 Å². The van der Waals surface area contributed by atoms with Gasteiger partial charge in [0.1, 0.15) is 5.71 Å². The Labute approximate surface area is 87.4 Å². The zero-order valence-electron chi connectivity index (χ0n) is 8.13. The smallest absolute Gasteiger partial charge is 0.202 e. The largest absolute Gasteiger partial charge is 0.319 e. The Bertz CT molecular complexity index is 440. The third-order valence-corrected chi connectivity index (χ3v) is 2.85. The maximum Gasteiger partial charge on any atom is 0.202 e. The minimum atomic E-state index is -0.405. The molecule has 0 saturated carbocycles. The molecule has 1 aromatic carbocycles. The summed E-state index contributed by atoms with van der Waals surface area (Å²) in [6, 6.07) is 9.20. The molecular formula is C11H11N3O. The lowest BCUT2D eigenvalue weighted by Crippen LogP contribution is -2.44. The second kappa shape index (κ2) is 2.90. The number of rotatable bonds is 1. The zero-order valence-corrected chi connectivity index (χ0v) is 8.13. The van der Waals surface area contributed by atoms with Crippen molar-refractivity contribution in [3.63, 3.8) is 0 Å². The lowest BCUT2D eigenvalue weighted by molar-refractivity contribution is -0.114. The summed E-state index contributed by atoms with van der Waals surface area (Å²) in [7, 11) is 0. The number of hydrazone groups is 1. The van der Waals surface area contributed by atoms with Gasteiger partial charge in [0.25, 0.3) is 0 Å². The molecule has 4 nitrogen and oxygen atoms in total. The van der Waals surface area contributed by atoms with Crippen LogP contribution in [0, 0.1) is 0 Å². The van der Waals surface area contributed by atoms with Gasteiger partial charge in [-0.25, -0.2) is 0 Å². The average Bonchev–Trinajstić information content (AvgIpc) is 3.04. The molecule has 0 aliphatic carbocycles. The molecule has 1 saturated heterocycles. The van der Waals surface area contributed by atoms with Crippen LogP contribution in [0.2, 0.25) is 0 Å². The highest BCUT2D eigenvalue weighted by Gasteiger charge is 2.47. The van der Waals surface area contributed by atoms with Gasteiger partial charge in [-0.1, -0.05) is 30.3 Å². The van der Waals surface area contributed by atoms with Gasteiger partial charge >= 0.3 is 0 Å². The molecule has 0 aromatic heterocycles. The quantitative estimate of drug-likeness (QED) is 0.650. The van der Waals surface area contributed by atoms with Gasteiger partial charge in [-0.15, -0.1) is 0 Å². The molecule has 2 heterocycles. The summed E-state index contributed by atoms with van der Waals surface area (Å²) in [6.07, 6.45) is 0. The van der Waals surface area contributed by atoms with E-state index in [-0.39, 0.29) is 11.8 Å². The second-order valence-electron chi connectivity index (χ2n) is 3.89. The van der Waals surface area contributed by atoms with E-state index in [1.54, 1.807) is 0 Å². The van der Waals surface area contributed by atoms with Gasteiger partial charge in [-0.05, 0) is 0 Å². The summed E-state index contributed by atoms with van der Waals surface area (Å²) in [6.45, 7) is 0.809. The Hall–Kier alpha value is -1.68. The van der Waals surface area contributed by atoms with E-state index in [1.807, 2.05) is 35.3 Å². The number of ketones is 1. The van der Waals surface area contributed by atoms with Crippen molar-refractivity contribution >= 4 is 11.5 Å². The SMILES string of the molecule is NC1C(=O)C(c2ccccc2)=NN2CC12. The fourth-order valence-electron chi connectivity index (χ4n) is 1.86. The van der Waals surface area contributed by atoms with E-state index in [0.717, 1.165) is 12.1 Å². The number of benzene rings is 1. The Morgan fingerprint density at radius 3 is 2.80 bits per heavy atom. The Morgan fingerprint density at radius 1 is 1.33 bits per heavy atom. The molecule has 0 bridgehead atoms. The molecular weight excluding hydrogens is 190 g/mol. The highest BCUT2D eigenvalue weighted by Crippen LogP contribution is 2.26. The van der Waals surface area contributed by atoms with E-state index in [2.05, 4.69) is 5.10 Å². The highest BCUT2D eigenvalue weighted by atomic mass is 16.1. The van der Waals surface area contributed by atoms with E-state index in [0.29, 0.717) is 5.71 Å². The van der Waals surface area contributed by atoms with Crippen LogP contribution in [-0.4, -0.2) is 35.1 Å². The van der Waals surface area contributed by atoms with E-state index in [1.165, 1.54) is 0 Å². The van der Waals surface area contributed by atoms with Crippen LogP contribution in [0.3, 0.4) is 0 Å². The van der Waals surface area contributed by atoms with Crippen LogP contribution >= 0.6 is 0 Å². The fraction of sp³-hybridized carbons (Fsp3) is 0.273. The van der Waals surface area contributed by atoms with E-state index in [9.17, 15) is 4.79 Å². The molecule has 0 amide bonds. The van der Waals surface area contributed by atoms with Crippen molar-refractivity contribution in [1.82, 2.24) is 5.01 Å². The number of nitrogens with zero attached hydrogens (tertiary/aromatic N) is 2. The van der Waals surface area contributed by atoms with Crippen molar-refractivity contribution in [1.29, 1.82) is 0 Å². The van der Waals surface area contributed by atoms with E-state index >= 15 is 0 Å². The topological polar surface area (TPSA) is 58.5 Å². The van der Waals surface area contributed by atoms with Crippen molar-refractivity contribution in [3.05, 3.63) is 35.9 Å². The van der Waals surface area contributed by atoms with Crippen molar-refractivity contribution in [3.8, 4) is 0 Å². The van der Waals surface area contributed by atoms with Crippen LogP contribution in [0.5, 0.6) is 0 Å². The molecule has 1 aromatic rings. The van der Waals surface area contributed by atoms with Gasteiger partial charge in [0.15, 0.2) is 0 Å². The lowest BCUT2D eigenvalue weighted by Gasteiger charge is -2.16. The molecule has 3 rings (SSSR count). The molecule has 2 aliphatic heterocycles. The van der Waals surface area contributed by atoms with E-state index in [4.69, 9.17) is 5.73 Å². The molecule has 1 fully saturated rings. The number of Topliss-reactive ketones (excluding diaryl/α,β-unsaturated/α-hetero) is 1. The van der Waals surface area contributed by atoms with Crippen LogP contribution in [0.25, 0.3) is 0 Å². The van der Waals surface area contributed by atoms with Crippen LogP contribution < -0.4 is 5.73 Å². The van der Waals surface area contributed by atoms with Crippen LogP contribution in [-0.2, 0) is 4.79 Å². The van der Waals surface area contributed by atoms with Crippen molar-refractivity contribution in [2.45, 2.75) is 12.1 Å². The predicted octanol–water partition coefficient (Wildman–Crippen LogP) is -0.0151. The molecule has 4 heteroatoms. The van der Waals surface area contributed by atoms with Gasteiger partial charge in [0.05, 0.1) is 18.6 Å². The molecule has 76 valence electrons. The van der Waals surface area contributed by atoms with Gasteiger partial charge < -0.3 is 5.73 Å². The van der Waals surface area contributed by atoms with Crippen molar-refractivity contribution in [2.75, 3.05) is 6.54 Å². The summed E-state index contributed by atoms with van der Waals surface area (Å²) < 4.78 is 0. The van der Waals surface area contributed by atoms with Crippen molar-refractivity contribution in [2.24, 2.45) is 10.8 Å². The van der Waals surface area contributed by atoms with Crippen molar-refractivity contribution < 1.29 is 4.79 Å². The Balaban J connectivity index is 2.03. The number of hydrogen-bond acceptors (Lipinski definition) is 4. The third-order valence-electron chi connectivity index (χ3n) is 2.85. The molecule has 0 radical (unpaired) electrons. The molecule has 2 N–H and O–H groups in total. The van der Waals surface area contributed by atoms with Gasteiger partial charge in [-0.3, -0.25) is 9.80 Å². The Morgan fingerprint density at radius 2 is 2.07 bits per heavy atom. The summed E-state index contributed by atoms with van der Waals surface area (Å²) in [5, 5.41) is 6.15. The summed E-state index contributed by atoms with van der Waals surface area (Å²) in [4.78, 5) is 11.9. The van der Waals surface area contributed by atoms with E-state index < -0.39 is 6.04 Å². The zero-order chi connectivity index (χ0) is 10.4. The average molecular weight is 201 g/mol. The fourth-order valence-corrected chi connectivity index (χ4v) is 1.86. The lowest BCUT2D eigenvalue weighted by atomic mass is 9.99. The molecule has 2 aliphatic rings. The second-order valence-corrected chi connectivity index (χ2v) is 3.89. The summed E-state index contributed by atoms with van der Waals surface area (Å²) in [5.41, 5.74) is 7.17. The monoisotopic (exact) mass is 201 g/mol. The highest BCUT2D eigenvalue weighted by molar-refractivity contribution is 6.48. The van der Waals surface area contributed by atoms with Gasteiger partial charge in [0, 0.05) is 5.56 Å². The molecule has 2 atom stereocenters. The first kappa shape index (κ1) is 8.61. The number of carbonyl (C=O) groups is 1. The van der Waals surface area contributed by atoms with Gasteiger partial charge in [-0.2, -0.15) is 5.10 Å². The number of hydrogen-bond donors (Lipinski definition) is 1. The van der Waals surface area contributed by atoms with Crippen LogP contribution in [0.4, 0.5) is 0 Å². The maximum atomic E-state index is 11.9. The number of fused-ring (bicyclic) bond motifs is 1. The number of carbonyl (C=O) groups excluding carboxylic acids is 1. The van der Waals surface area contributed by atoms with Crippen LogP contribution in [0.1, 0.15) is 5.56 Å². The first-order chi connectivity index (χ1) is 7.27. The predicted molar refractivity (Wildman–Crippen MR) is 56.5 cm³/mol. The summed E-state index contributed by atoms with van der Waals surface area (Å²) >= 11 is 0. The molecule has 0 spiro atoms. The minimum Gasteiger partial charge on any atom is -0.319 e. The third kappa shape index (κ3) is 1.26. The number of nitrogens with two attached hydrogens (primary N) is 1. The Kier molecular flexibility index (Phi) is 1.67. The maximum absolute atomic E-state index is 11.9. The first-order valence-electron chi connectivity index (χ1n) is 4.98. The molecule has 2 unspecified atom stereocenters. The minimum absolute atomic E-state index is 0.0417. The summed E-state index contributed by atoms with van der Waals surface area (Å²) in [5.74, 6) is -0.0417. The first-order valence-corrected chi connectivity index (χ1v) is 4.98. The van der Waals surface area contributed by atoms with Gasteiger partial charge in [0.2, 0.25) is 5.78 Å². The molecule has 15 heavy (non-hydrogen) atoms. The normalized spacial score (nSPS) is 28.5. The standard InChI is InChI=1S/C11H11N3O/c12-9-8-6-14(8)13-10(11(9)15)7-4-2-1-3-5-7/h1-5,8-9H,6,12H2.